The third-order valence-corrected chi connectivity index (χ3v) is 7.58. The van der Waals surface area contributed by atoms with Crippen molar-refractivity contribution in [2.75, 3.05) is 19.5 Å². The number of ether oxygens (including phenoxy) is 2. The van der Waals surface area contributed by atoms with Crippen LogP contribution < -0.4 is 9.47 Å². The number of hydrogen-bond donors (Lipinski definition) is 1. The molecule has 1 amide bonds. The van der Waals surface area contributed by atoms with Gasteiger partial charge in [-0.25, -0.2) is 8.42 Å². The van der Waals surface area contributed by atoms with Gasteiger partial charge in [0.1, 0.15) is 24.7 Å². The highest BCUT2D eigenvalue weighted by Gasteiger charge is 2.38. The van der Waals surface area contributed by atoms with Gasteiger partial charge < -0.3 is 9.47 Å². The minimum absolute atomic E-state index is 0.0299. The number of nitrogens with zero attached hydrogens (tertiary/aromatic N) is 3. The van der Waals surface area contributed by atoms with Crippen molar-refractivity contribution in [2.45, 2.75) is 6.92 Å². The Morgan fingerprint density at radius 1 is 1.15 bits per heavy atom. The van der Waals surface area contributed by atoms with E-state index in [0.717, 1.165) is 34.3 Å². The van der Waals surface area contributed by atoms with Crippen LogP contribution in [0.4, 0.5) is 0 Å². The number of rotatable bonds is 6. The van der Waals surface area contributed by atoms with E-state index in [9.17, 15) is 13.2 Å². The minimum Gasteiger partial charge on any atom is -0.490 e. The van der Waals surface area contributed by atoms with E-state index in [4.69, 9.17) is 26.5 Å². The predicted molar refractivity (Wildman–Crippen MR) is 133 cm³/mol. The molecule has 2 aliphatic heterocycles. The van der Waals surface area contributed by atoms with Gasteiger partial charge in [-0.05, 0) is 54.1 Å². The van der Waals surface area contributed by atoms with E-state index >= 15 is 0 Å². The standard InChI is InChI=1S/C22H19ClN4O5S2/c1-13-5-3-4-6-17(13)31-9-10-32-18-8-7-14(12-16(18)23)11-15-19(24)27-21(25-20(15)28)33-22(26-27)34(2,29)30/h3-8,11-12,24H,9-10H2,1-2H3/b15-11-,24-19?. The summed E-state index contributed by atoms with van der Waals surface area (Å²) in [5.41, 5.74) is 1.53. The lowest BCUT2D eigenvalue weighted by atomic mass is 10.1. The summed E-state index contributed by atoms with van der Waals surface area (Å²) in [4.78, 5) is 16.3. The smallest absolute Gasteiger partial charge is 0.283 e. The summed E-state index contributed by atoms with van der Waals surface area (Å²) in [6.45, 7) is 2.58. The third-order valence-electron chi connectivity index (χ3n) is 4.71. The molecule has 0 aromatic heterocycles. The quantitative estimate of drug-likeness (QED) is 0.456. The highest BCUT2D eigenvalue weighted by molar-refractivity contribution is 8.42. The molecule has 2 heterocycles. The van der Waals surface area contributed by atoms with Gasteiger partial charge in [0.2, 0.25) is 19.4 Å². The molecule has 0 fully saturated rings. The number of carbonyl (C=O) groups is 1. The van der Waals surface area contributed by atoms with Crippen molar-refractivity contribution in [3.8, 4) is 11.5 Å². The predicted octanol–water partition coefficient (Wildman–Crippen LogP) is 3.73. The van der Waals surface area contributed by atoms with Crippen LogP contribution in [-0.4, -0.2) is 54.2 Å². The van der Waals surface area contributed by atoms with Crippen LogP contribution in [0.15, 0.2) is 58.1 Å². The largest absolute Gasteiger partial charge is 0.490 e. The second kappa shape index (κ2) is 9.61. The van der Waals surface area contributed by atoms with Crippen molar-refractivity contribution >= 4 is 60.6 Å². The zero-order chi connectivity index (χ0) is 24.5. The van der Waals surface area contributed by atoms with Crippen molar-refractivity contribution in [1.29, 1.82) is 5.41 Å². The number of benzene rings is 2. The Morgan fingerprint density at radius 2 is 1.85 bits per heavy atom. The fourth-order valence-electron chi connectivity index (χ4n) is 3.04. The van der Waals surface area contributed by atoms with E-state index in [1.165, 1.54) is 6.08 Å². The number of carbonyl (C=O) groups excluding carboxylic acids is 1. The fourth-order valence-corrected chi connectivity index (χ4v) is 4.97. The number of hydrazone groups is 1. The molecular formula is C22H19ClN4O5S2. The SMILES string of the molecule is Cc1ccccc1OCCOc1ccc(/C=C2/C(=N)N3N=C(S(C)(=O)=O)SC3=NC2=O)cc1Cl. The van der Waals surface area contributed by atoms with Crippen LogP contribution >= 0.6 is 23.4 Å². The zero-order valence-corrected chi connectivity index (χ0v) is 20.5. The van der Waals surface area contributed by atoms with Crippen molar-refractivity contribution in [2.24, 2.45) is 10.1 Å². The van der Waals surface area contributed by atoms with E-state index < -0.39 is 15.7 Å². The highest BCUT2D eigenvalue weighted by atomic mass is 35.5. The van der Waals surface area contributed by atoms with Crippen LogP contribution in [0.25, 0.3) is 6.08 Å². The Balaban J connectivity index is 1.44. The minimum atomic E-state index is -3.59. The Kier molecular flexibility index (Phi) is 6.78. The van der Waals surface area contributed by atoms with Gasteiger partial charge in [-0.2, -0.15) is 10.0 Å². The summed E-state index contributed by atoms with van der Waals surface area (Å²) in [6.07, 6.45) is 2.45. The van der Waals surface area contributed by atoms with Crippen molar-refractivity contribution in [3.63, 3.8) is 0 Å². The first-order valence-electron chi connectivity index (χ1n) is 9.94. The maximum absolute atomic E-state index is 12.5. The number of halogens is 1. The molecule has 0 saturated heterocycles. The van der Waals surface area contributed by atoms with Crippen LogP contribution in [0, 0.1) is 12.3 Å². The van der Waals surface area contributed by atoms with Crippen LogP contribution in [-0.2, 0) is 14.6 Å². The number of thioether (sulfide) groups is 1. The summed E-state index contributed by atoms with van der Waals surface area (Å²) in [5, 5.41) is 13.6. The molecule has 0 spiro atoms. The number of sulfone groups is 1. The Hall–Kier alpha value is -3.15. The van der Waals surface area contributed by atoms with E-state index in [-0.39, 0.29) is 27.6 Å². The topological polar surface area (TPSA) is 121 Å². The molecule has 0 radical (unpaired) electrons. The number of aliphatic imine (C=N–C) groups is 1. The van der Waals surface area contributed by atoms with E-state index in [1.54, 1.807) is 18.2 Å². The first-order chi connectivity index (χ1) is 16.1. The molecule has 0 unspecified atom stereocenters. The molecule has 0 bridgehead atoms. The molecule has 2 aromatic carbocycles. The molecular weight excluding hydrogens is 500 g/mol. The molecule has 12 heteroatoms. The monoisotopic (exact) mass is 518 g/mol. The Bertz CT molecular complexity index is 1390. The normalized spacial score (nSPS) is 16.9. The van der Waals surface area contributed by atoms with Crippen molar-refractivity contribution in [1.82, 2.24) is 5.01 Å². The van der Waals surface area contributed by atoms with E-state index in [1.807, 2.05) is 31.2 Å². The average Bonchev–Trinajstić information content (AvgIpc) is 3.21. The molecule has 4 rings (SSSR count). The van der Waals surface area contributed by atoms with Gasteiger partial charge in [0, 0.05) is 6.26 Å². The van der Waals surface area contributed by atoms with Crippen molar-refractivity contribution < 1.29 is 22.7 Å². The van der Waals surface area contributed by atoms with Gasteiger partial charge in [-0.3, -0.25) is 10.2 Å². The summed E-state index contributed by atoms with van der Waals surface area (Å²) in [7, 11) is -3.59. The van der Waals surface area contributed by atoms with Gasteiger partial charge in [0.15, 0.2) is 5.84 Å². The van der Waals surface area contributed by atoms with Crippen LogP contribution in [0.2, 0.25) is 5.02 Å². The van der Waals surface area contributed by atoms with E-state index in [0.29, 0.717) is 22.9 Å². The summed E-state index contributed by atoms with van der Waals surface area (Å²) in [5.74, 6) is 0.291. The van der Waals surface area contributed by atoms with Gasteiger partial charge in [0.25, 0.3) is 5.91 Å². The number of hydrogen-bond acceptors (Lipinski definition) is 8. The second-order valence-corrected chi connectivity index (χ2v) is 10.9. The third kappa shape index (κ3) is 5.16. The van der Waals surface area contributed by atoms with Gasteiger partial charge in [-0.1, -0.05) is 35.9 Å². The Labute approximate surface area is 205 Å². The maximum Gasteiger partial charge on any atom is 0.283 e. The van der Waals surface area contributed by atoms with Crippen molar-refractivity contribution in [3.05, 3.63) is 64.2 Å². The number of nitrogens with one attached hydrogen (secondary N) is 1. The maximum atomic E-state index is 12.5. The number of amidine groups is 2. The molecule has 34 heavy (non-hydrogen) atoms. The number of fused-ring (bicyclic) bond motifs is 1. The molecule has 0 atom stereocenters. The zero-order valence-electron chi connectivity index (χ0n) is 18.1. The number of aryl methyl sites for hydroxylation is 1. The summed E-state index contributed by atoms with van der Waals surface area (Å²) in [6, 6.07) is 12.6. The van der Waals surface area contributed by atoms with Crippen LogP contribution in [0.1, 0.15) is 11.1 Å². The molecule has 176 valence electrons. The van der Waals surface area contributed by atoms with E-state index in [2.05, 4.69) is 10.1 Å². The average molecular weight is 519 g/mol. The molecule has 2 aliphatic rings. The molecule has 0 aliphatic carbocycles. The summed E-state index contributed by atoms with van der Waals surface area (Å²) >= 11 is 7.07. The summed E-state index contributed by atoms with van der Waals surface area (Å²) < 4.78 is 34.7. The number of para-hydroxylation sites is 1. The first-order valence-corrected chi connectivity index (χ1v) is 13.0. The molecule has 9 nitrogen and oxygen atoms in total. The highest BCUT2D eigenvalue weighted by Crippen LogP contribution is 2.31. The lowest BCUT2D eigenvalue weighted by Gasteiger charge is -2.20. The van der Waals surface area contributed by atoms with Crippen LogP contribution in [0.5, 0.6) is 11.5 Å². The molecule has 1 N–H and O–H groups in total. The second-order valence-electron chi connectivity index (χ2n) is 7.31. The molecule has 0 saturated carbocycles. The lowest BCUT2D eigenvalue weighted by molar-refractivity contribution is -0.114. The fraction of sp³-hybridized carbons (Fsp3) is 0.182. The number of amides is 1. The first kappa shape index (κ1) is 24.0. The Morgan fingerprint density at radius 3 is 2.53 bits per heavy atom. The molecule has 2 aromatic rings. The van der Waals surface area contributed by atoms with Gasteiger partial charge in [0.05, 0.1) is 10.6 Å². The van der Waals surface area contributed by atoms with Gasteiger partial charge in [-0.15, -0.1) is 5.10 Å². The van der Waals surface area contributed by atoms with Crippen LogP contribution in [0.3, 0.4) is 0 Å². The van der Waals surface area contributed by atoms with Gasteiger partial charge >= 0.3 is 0 Å². The lowest BCUT2D eigenvalue weighted by Crippen LogP contribution is -2.35.